The van der Waals surface area contributed by atoms with Gasteiger partial charge in [0.1, 0.15) is 11.6 Å². The van der Waals surface area contributed by atoms with Crippen molar-refractivity contribution in [3.63, 3.8) is 0 Å². The fraction of sp³-hybridized carbons (Fsp3) is 0.105. The Morgan fingerprint density at radius 3 is 2.50 bits per heavy atom. The quantitative estimate of drug-likeness (QED) is 0.427. The van der Waals surface area contributed by atoms with Crippen molar-refractivity contribution in [3.8, 4) is 17.6 Å². The average Bonchev–Trinajstić information content (AvgIpc) is 2.66. The summed E-state index contributed by atoms with van der Waals surface area (Å²) >= 11 is 6.59. The van der Waals surface area contributed by atoms with E-state index >= 15 is 0 Å². The van der Waals surface area contributed by atoms with Gasteiger partial charge in [0.05, 0.1) is 11.6 Å². The molecule has 0 fully saturated rings. The SMILES string of the molecule is COc1cc(/C=C(/C#N)C(=O)Nc2ccc(Br)cc2)cc(Br)c1OCC(=O)O. The molecule has 0 aliphatic rings. The average molecular weight is 510 g/mol. The number of amides is 1. The van der Waals surface area contributed by atoms with Gasteiger partial charge in [-0.05, 0) is 64.0 Å². The Kier molecular flexibility index (Phi) is 7.61. The van der Waals surface area contributed by atoms with E-state index in [-0.39, 0.29) is 17.1 Å². The summed E-state index contributed by atoms with van der Waals surface area (Å²) in [7, 11) is 1.40. The highest BCUT2D eigenvalue weighted by atomic mass is 79.9. The van der Waals surface area contributed by atoms with Crippen molar-refractivity contribution >= 4 is 55.5 Å². The number of halogens is 2. The zero-order valence-corrected chi connectivity index (χ0v) is 17.7. The largest absolute Gasteiger partial charge is 0.493 e. The molecule has 0 aliphatic heterocycles. The van der Waals surface area contributed by atoms with Gasteiger partial charge in [-0.2, -0.15) is 5.26 Å². The molecular weight excluding hydrogens is 496 g/mol. The lowest BCUT2D eigenvalue weighted by molar-refractivity contribution is -0.139. The van der Waals surface area contributed by atoms with Gasteiger partial charge in [-0.15, -0.1) is 0 Å². The molecule has 144 valence electrons. The van der Waals surface area contributed by atoms with Gasteiger partial charge in [-0.1, -0.05) is 15.9 Å². The number of nitrogens with one attached hydrogen (secondary N) is 1. The molecule has 0 atom stereocenters. The van der Waals surface area contributed by atoms with Gasteiger partial charge in [0.15, 0.2) is 18.1 Å². The van der Waals surface area contributed by atoms with E-state index in [1.807, 2.05) is 6.07 Å². The van der Waals surface area contributed by atoms with Crippen LogP contribution in [0.3, 0.4) is 0 Å². The number of benzene rings is 2. The number of hydrogen-bond acceptors (Lipinski definition) is 5. The van der Waals surface area contributed by atoms with E-state index in [1.165, 1.54) is 19.3 Å². The van der Waals surface area contributed by atoms with Gasteiger partial charge in [-0.25, -0.2) is 4.79 Å². The highest BCUT2D eigenvalue weighted by Gasteiger charge is 2.15. The molecule has 1 amide bonds. The second-order valence-electron chi connectivity index (χ2n) is 5.35. The molecule has 7 nitrogen and oxygen atoms in total. The van der Waals surface area contributed by atoms with Crippen LogP contribution in [0, 0.1) is 11.3 Å². The molecule has 0 saturated carbocycles. The van der Waals surface area contributed by atoms with Crippen LogP contribution in [0.1, 0.15) is 5.56 Å². The maximum atomic E-state index is 12.4. The summed E-state index contributed by atoms with van der Waals surface area (Å²) in [5, 5.41) is 20.8. The van der Waals surface area contributed by atoms with E-state index in [9.17, 15) is 14.9 Å². The van der Waals surface area contributed by atoms with Gasteiger partial charge in [0.25, 0.3) is 5.91 Å². The molecular formula is C19H14Br2N2O5. The third-order valence-corrected chi connectivity index (χ3v) is 4.49. The Labute approximate surface area is 177 Å². The number of carbonyl (C=O) groups is 2. The van der Waals surface area contributed by atoms with Crippen LogP contribution in [0.15, 0.2) is 50.9 Å². The number of methoxy groups -OCH3 is 1. The van der Waals surface area contributed by atoms with Crippen molar-refractivity contribution in [3.05, 3.63) is 56.5 Å². The normalized spacial score (nSPS) is 10.7. The number of carbonyl (C=O) groups excluding carboxylic acids is 1. The maximum absolute atomic E-state index is 12.4. The Balaban J connectivity index is 2.28. The lowest BCUT2D eigenvalue weighted by atomic mass is 10.1. The molecule has 28 heavy (non-hydrogen) atoms. The van der Waals surface area contributed by atoms with Crippen LogP contribution < -0.4 is 14.8 Å². The Bertz CT molecular complexity index is 966. The number of carboxylic acids is 1. The minimum Gasteiger partial charge on any atom is -0.493 e. The maximum Gasteiger partial charge on any atom is 0.341 e. The van der Waals surface area contributed by atoms with Crippen molar-refractivity contribution in [2.45, 2.75) is 0 Å². The zero-order chi connectivity index (χ0) is 20.7. The molecule has 9 heteroatoms. The lowest BCUT2D eigenvalue weighted by Crippen LogP contribution is -2.13. The van der Waals surface area contributed by atoms with Crippen LogP contribution in [0.4, 0.5) is 5.69 Å². The lowest BCUT2D eigenvalue weighted by Gasteiger charge is -2.12. The Hall–Kier alpha value is -2.83. The molecule has 0 saturated heterocycles. The zero-order valence-electron chi connectivity index (χ0n) is 14.5. The second-order valence-corrected chi connectivity index (χ2v) is 7.12. The van der Waals surface area contributed by atoms with Crippen LogP contribution in [0.2, 0.25) is 0 Å². The van der Waals surface area contributed by atoms with Crippen molar-refractivity contribution in [2.24, 2.45) is 0 Å². The summed E-state index contributed by atoms with van der Waals surface area (Å²) in [6.07, 6.45) is 1.39. The topological polar surface area (TPSA) is 109 Å². The molecule has 0 heterocycles. The molecule has 2 aromatic carbocycles. The van der Waals surface area contributed by atoms with Gasteiger partial charge >= 0.3 is 5.97 Å². The Morgan fingerprint density at radius 2 is 1.93 bits per heavy atom. The number of nitrogens with zero attached hydrogens (tertiary/aromatic N) is 1. The van der Waals surface area contributed by atoms with Crippen molar-refractivity contribution in [1.82, 2.24) is 0 Å². The summed E-state index contributed by atoms with van der Waals surface area (Å²) < 4.78 is 11.7. The van der Waals surface area contributed by atoms with E-state index in [0.29, 0.717) is 15.7 Å². The monoisotopic (exact) mass is 508 g/mol. The highest BCUT2D eigenvalue weighted by molar-refractivity contribution is 9.10. The minimum atomic E-state index is -1.13. The molecule has 0 radical (unpaired) electrons. The van der Waals surface area contributed by atoms with E-state index < -0.39 is 18.5 Å². The first-order valence-electron chi connectivity index (χ1n) is 7.75. The number of ether oxygens (including phenoxy) is 2. The van der Waals surface area contributed by atoms with Gasteiger partial charge in [0.2, 0.25) is 0 Å². The molecule has 0 aliphatic carbocycles. The third-order valence-electron chi connectivity index (χ3n) is 3.37. The number of carboxylic acid groups (broad SMARTS) is 1. The standard InChI is InChI=1S/C19H14Br2N2O5/c1-27-16-8-11(7-15(21)18(16)28-10-17(24)25)6-12(9-22)19(26)23-14-4-2-13(20)3-5-14/h2-8H,10H2,1H3,(H,23,26)(H,24,25)/b12-6-. The van der Waals surface area contributed by atoms with Crippen molar-refractivity contribution in [2.75, 3.05) is 19.0 Å². The molecule has 0 unspecified atom stereocenters. The van der Waals surface area contributed by atoms with Crippen molar-refractivity contribution in [1.29, 1.82) is 5.26 Å². The van der Waals surface area contributed by atoms with E-state index in [4.69, 9.17) is 14.6 Å². The Morgan fingerprint density at radius 1 is 1.25 bits per heavy atom. The summed E-state index contributed by atoms with van der Waals surface area (Å²) in [5.74, 6) is -1.23. The first-order valence-corrected chi connectivity index (χ1v) is 9.33. The minimum absolute atomic E-state index is 0.115. The molecule has 0 spiro atoms. The molecule has 2 N–H and O–H groups in total. The second kappa shape index (κ2) is 9.92. The van der Waals surface area contributed by atoms with Crippen LogP contribution in [-0.4, -0.2) is 30.7 Å². The van der Waals surface area contributed by atoms with Gasteiger partial charge < -0.3 is 19.9 Å². The van der Waals surface area contributed by atoms with Gasteiger partial charge in [0, 0.05) is 10.2 Å². The van der Waals surface area contributed by atoms with E-state index in [2.05, 4.69) is 37.2 Å². The number of anilines is 1. The van der Waals surface area contributed by atoms with Crippen LogP contribution in [0.5, 0.6) is 11.5 Å². The number of nitriles is 1. The van der Waals surface area contributed by atoms with E-state index in [0.717, 1.165) is 4.47 Å². The van der Waals surface area contributed by atoms with Gasteiger partial charge in [-0.3, -0.25) is 4.79 Å². The number of aliphatic carboxylic acids is 1. The smallest absolute Gasteiger partial charge is 0.341 e. The summed E-state index contributed by atoms with van der Waals surface area (Å²) in [6.45, 7) is -0.539. The van der Waals surface area contributed by atoms with Crippen LogP contribution >= 0.6 is 31.9 Å². The molecule has 2 rings (SSSR count). The first-order chi connectivity index (χ1) is 13.3. The number of hydrogen-bond donors (Lipinski definition) is 2. The van der Waals surface area contributed by atoms with E-state index in [1.54, 1.807) is 30.3 Å². The summed E-state index contributed by atoms with van der Waals surface area (Å²) in [4.78, 5) is 23.1. The van der Waals surface area contributed by atoms with Crippen LogP contribution in [-0.2, 0) is 9.59 Å². The molecule has 0 bridgehead atoms. The third kappa shape index (κ3) is 5.84. The first kappa shape index (κ1) is 21.5. The molecule has 2 aromatic rings. The summed E-state index contributed by atoms with van der Waals surface area (Å²) in [5.41, 5.74) is 0.926. The molecule has 0 aromatic heterocycles. The predicted octanol–water partition coefficient (Wildman–Crippen LogP) is 4.23. The highest BCUT2D eigenvalue weighted by Crippen LogP contribution is 2.37. The van der Waals surface area contributed by atoms with Crippen molar-refractivity contribution < 1.29 is 24.2 Å². The predicted molar refractivity (Wildman–Crippen MR) is 110 cm³/mol. The fourth-order valence-electron chi connectivity index (χ4n) is 2.14. The number of rotatable bonds is 7. The fourth-order valence-corrected chi connectivity index (χ4v) is 2.98. The summed E-state index contributed by atoms with van der Waals surface area (Å²) in [6, 6.07) is 11.9. The van der Waals surface area contributed by atoms with Crippen LogP contribution in [0.25, 0.3) is 6.08 Å².